The third kappa shape index (κ3) is 4.35. The van der Waals surface area contributed by atoms with E-state index < -0.39 is 5.97 Å². The van der Waals surface area contributed by atoms with E-state index in [9.17, 15) is 4.79 Å². The fraction of sp³-hybridized carbons (Fsp3) is 0.148. The summed E-state index contributed by atoms with van der Waals surface area (Å²) in [7, 11) is 1.37. The molecule has 3 heterocycles. The van der Waals surface area contributed by atoms with Crippen LogP contribution in [-0.2, 0) is 4.74 Å². The van der Waals surface area contributed by atoms with Crippen molar-refractivity contribution in [3.8, 4) is 11.3 Å². The van der Waals surface area contributed by atoms with Gasteiger partial charge in [-0.05, 0) is 73.2 Å². The zero-order chi connectivity index (χ0) is 24.5. The number of benzene rings is 2. The van der Waals surface area contributed by atoms with Crippen LogP contribution in [-0.4, -0.2) is 23.2 Å². The van der Waals surface area contributed by atoms with E-state index in [1.54, 1.807) is 18.3 Å². The van der Waals surface area contributed by atoms with Crippen LogP contribution in [0.2, 0.25) is 0 Å². The van der Waals surface area contributed by atoms with Gasteiger partial charge in [-0.25, -0.2) is 4.79 Å². The Balaban J connectivity index is 1.62. The summed E-state index contributed by atoms with van der Waals surface area (Å²) in [5, 5.41) is 4.02. The maximum Gasteiger partial charge on any atom is 0.338 e. The standard InChI is InChI=1S/C27H22BrN3O3S/c1-16-15-17(10-11-20(16)28)31-25(24(30-27(31)35)21-9-5-6-14-29-21)23-13-12-22(34-23)18-7-3-4-8-19(18)26(32)33-2/h3-15,24-25H,1-2H3,(H,30,35)/t24-,25-/m1/s1. The number of hydrogen-bond donors (Lipinski definition) is 1. The molecule has 0 amide bonds. The summed E-state index contributed by atoms with van der Waals surface area (Å²) < 4.78 is 12.4. The van der Waals surface area contributed by atoms with Crippen LogP contribution >= 0.6 is 28.1 Å². The molecule has 1 saturated heterocycles. The van der Waals surface area contributed by atoms with Crippen molar-refractivity contribution in [2.45, 2.75) is 19.0 Å². The van der Waals surface area contributed by atoms with Gasteiger partial charge >= 0.3 is 5.97 Å². The molecule has 0 unspecified atom stereocenters. The molecule has 1 aliphatic heterocycles. The molecular weight excluding hydrogens is 526 g/mol. The number of anilines is 1. The third-order valence-electron chi connectivity index (χ3n) is 6.03. The summed E-state index contributed by atoms with van der Waals surface area (Å²) in [5.41, 5.74) is 4.00. The highest BCUT2D eigenvalue weighted by Gasteiger charge is 2.42. The number of aromatic nitrogens is 1. The molecule has 0 saturated carbocycles. The van der Waals surface area contributed by atoms with E-state index in [2.05, 4.69) is 37.2 Å². The molecule has 176 valence electrons. The molecule has 0 bridgehead atoms. The number of ether oxygens (including phenoxy) is 1. The first-order valence-corrected chi connectivity index (χ1v) is 12.2. The van der Waals surface area contributed by atoms with E-state index in [1.165, 1.54) is 7.11 Å². The smallest absolute Gasteiger partial charge is 0.338 e. The highest BCUT2D eigenvalue weighted by molar-refractivity contribution is 9.10. The van der Waals surface area contributed by atoms with Crippen LogP contribution in [0.4, 0.5) is 5.69 Å². The van der Waals surface area contributed by atoms with E-state index in [-0.39, 0.29) is 12.1 Å². The molecule has 2 aromatic heterocycles. The minimum absolute atomic E-state index is 0.234. The number of rotatable bonds is 5. The number of halogens is 1. The van der Waals surface area contributed by atoms with Gasteiger partial charge in [-0.2, -0.15) is 0 Å². The van der Waals surface area contributed by atoms with Crippen molar-refractivity contribution < 1.29 is 13.9 Å². The molecule has 8 heteroatoms. The van der Waals surface area contributed by atoms with Crippen molar-refractivity contribution in [3.05, 3.63) is 106 Å². The summed E-state index contributed by atoms with van der Waals surface area (Å²) in [5.74, 6) is 0.856. The van der Waals surface area contributed by atoms with E-state index in [0.29, 0.717) is 27.8 Å². The van der Waals surface area contributed by atoms with Crippen molar-refractivity contribution in [1.82, 2.24) is 10.3 Å². The maximum absolute atomic E-state index is 12.3. The zero-order valence-electron chi connectivity index (χ0n) is 19.1. The van der Waals surface area contributed by atoms with Gasteiger partial charge in [-0.1, -0.05) is 40.2 Å². The number of carbonyl (C=O) groups is 1. The second-order valence-electron chi connectivity index (χ2n) is 8.17. The van der Waals surface area contributed by atoms with Crippen molar-refractivity contribution in [2.24, 2.45) is 0 Å². The Morgan fingerprint density at radius 1 is 1.11 bits per heavy atom. The molecule has 0 aliphatic carbocycles. The molecule has 6 nitrogen and oxygen atoms in total. The SMILES string of the molecule is COC(=O)c1ccccc1-c1ccc([C@@H]2[C@@H](c3ccccn3)NC(=S)N2c2ccc(Br)c(C)c2)o1. The Bertz CT molecular complexity index is 1410. The maximum atomic E-state index is 12.3. The highest BCUT2D eigenvalue weighted by Crippen LogP contribution is 2.43. The topological polar surface area (TPSA) is 67.6 Å². The fourth-order valence-corrected chi connectivity index (χ4v) is 4.94. The van der Waals surface area contributed by atoms with Gasteiger partial charge in [0.1, 0.15) is 17.6 Å². The summed E-state index contributed by atoms with van der Waals surface area (Å²) in [6.07, 6.45) is 1.77. The first-order valence-electron chi connectivity index (χ1n) is 11.0. The molecule has 35 heavy (non-hydrogen) atoms. The predicted molar refractivity (Wildman–Crippen MR) is 142 cm³/mol. The van der Waals surface area contributed by atoms with Gasteiger partial charge in [0.05, 0.1) is 24.4 Å². The van der Waals surface area contributed by atoms with Crippen molar-refractivity contribution in [3.63, 3.8) is 0 Å². The van der Waals surface area contributed by atoms with Crippen LogP contribution in [0.1, 0.15) is 39.5 Å². The predicted octanol–water partition coefficient (Wildman–Crippen LogP) is 6.38. The van der Waals surface area contributed by atoms with Gasteiger partial charge in [0.2, 0.25) is 0 Å². The molecule has 0 spiro atoms. The second-order valence-corrected chi connectivity index (χ2v) is 9.41. The van der Waals surface area contributed by atoms with Gasteiger partial charge in [0.25, 0.3) is 0 Å². The lowest BCUT2D eigenvalue weighted by Crippen LogP contribution is -2.29. The first kappa shape index (κ1) is 23.3. The number of aryl methyl sites for hydroxylation is 1. The summed E-state index contributed by atoms with van der Waals surface area (Å²) in [4.78, 5) is 19.0. The Morgan fingerprint density at radius 3 is 2.66 bits per heavy atom. The van der Waals surface area contributed by atoms with Crippen LogP contribution in [0, 0.1) is 6.92 Å². The summed E-state index contributed by atoms with van der Waals surface area (Å²) >= 11 is 9.38. The normalized spacial score (nSPS) is 17.3. The molecule has 4 aromatic rings. The van der Waals surface area contributed by atoms with Gasteiger partial charge in [-0.15, -0.1) is 0 Å². The number of furan rings is 1. The Kier molecular flexibility index (Phi) is 6.40. The second kappa shape index (κ2) is 9.64. The molecule has 1 N–H and O–H groups in total. The number of methoxy groups -OCH3 is 1. The van der Waals surface area contributed by atoms with E-state index in [1.807, 2.05) is 61.5 Å². The monoisotopic (exact) mass is 547 g/mol. The lowest BCUT2D eigenvalue weighted by molar-refractivity contribution is 0.0601. The van der Waals surface area contributed by atoms with Gasteiger partial charge in [0, 0.05) is 21.9 Å². The van der Waals surface area contributed by atoms with E-state index >= 15 is 0 Å². The van der Waals surface area contributed by atoms with Crippen LogP contribution in [0.15, 0.2) is 87.9 Å². The van der Waals surface area contributed by atoms with Crippen molar-refractivity contribution in [1.29, 1.82) is 0 Å². The number of esters is 1. The van der Waals surface area contributed by atoms with Crippen LogP contribution in [0.3, 0.4) is 0 Å². The number of nitrogens with one attached hydrogen (secondary N) is 1. The van der Waals surface area contributed by atoms with Crippen molar-refractivity contribution >= 4 is 44.9 Å². The molecule has 2 aromatic carbocycles. The highest BCUT2D eigenvalue weighted by atomic mass is 79.9. The quantitative estimate of drug-likeness (QED) is 0.230. The molecule has 2 atom stereocenters. The van der Waals surface area contributed by atoms with Gasteiger partial charge < -0.3 is 19.4 Å². The lowest BCUT2D eigenvalue weighted by Gasteiger charge is -2.26. The summed E-state index contributed by atoms with van der Waals surface area (Å²) in [6.45, 7) is 2.04. The van der Waals surface area contributed by atoms with Crippen LogP contribution < -0.4 is 10.2 Å². The first-order chi connectivity index (χ1) is 17.0. The molecule has 1 fully saturated rings. The number of pyridine rings is 1. The van der Waals surface area contributed by atoms with Gasteiger partial charge in [0.15, 0.2) is 5.11 Å². The lowest BCUT2D eigenvalue weighted by atomic mass is 10.0. The minimum atomic E-state index is -0.416. The Hall–Kier alpha value is -3.49. The average molecular weight is 548 g/mol. The average Bonchev–Trinajstić information content (AvgIpc) is 3.50. The van der Waals surface area contributed by atoms with Crippen LogP contribution in [0.5, 0.6) is 0 Å². The molecule has 1 aliphatic rings. The molecule has 5 rings (SSSR count). The van der Waals surface area contributed by atoms with Crippen LogP contribution in [0.25, 0.3) is 11.3 Å². The zero-order valence-corrected chi connectivity index (χ0v) is 21.5. The van der Waals surface area contributed by atoms with Gasteiger partial charge in [-0.3, -0.25) is 4.98 Å². The number of hydrogen-bond acceptors (Lipinski definition) is 5. The molecule has 0 radical (unpaired) electrons. The Labute approximate surface area is 217 Å². The Morgan fingerprint density at radius 2 is 1.91 bits per heavy atom. The minimum Gasteiger partial charge on any atom is -0.465 e. The summed E-state index contributed by atoms with van der Waals surface area (Å²) in [6, 6.07) is 22.4. The fourth-order valence-electron chi connectivity index (χ4n) is 4.34. The molecular formula is C27H22BrN3O3S. The number of thiocarbonyl (C=S) groups is 1. The van der Waals surface area contributed by atoms with Crippen molar-refractivity contribution in [2.75, 3.05) is 12.0 Å². The largest absolute Gasteiger partial charge is 0.465 e. The number of nitrogens with zero attached hydrogens (tertiary/aromatic N) is 2. The third-order valence-corrected chi connectivity index (χ3v) is 7.24. The van der Waals surface area contributed by atoms with E-state index in [4.69, 9.17) is 21.4 Å². The number of carbonyl (C=O) groups excluding carboxylic acids is 1. The van der Waals surface area contributed by atoms with E-state index in [0.717, 1.165) is 21.4 Å².